The van der Waals surface area contributed by atoms with E-state index in [4.69, 9.17) is 0 Å². The van der Waals surface area contributed by atoms with Gasteiger partial charge in [-0.3, -0.25) is 4.79 Å². The highest BCUT2D eigenvalue weighted by atomic mass is 16.3. The highest BCUT2D eigenvalue weighted by molar-refractivity contribution is 5.76. The molecule has 0 aliphatic carbocycles. The van der Waals surface area contributed by atoms with Crippen LogP contribution in [0, 0.1) is 0 Å². The predicted octanol–water partition coefficient (Wildman–Crippen LogP) is 16.8. The third-order valence-electron chi connectivity index (χ3n) is 12.6. The van der Waals surface area contributed by atoms with Crippen molar-refractivity contribution >= 4 is 5.91 Å². The van der Waals surface area contributed by atoms with E-state index in [-0.39, 0.29) is 12.5 Å². The Kier molecular flexibility index (Phi) is 48.2. The summed E-state index contributed by atoms with van der Waals surface area (Å²) in [5.74, 6) is -0.0276. The zero-order valence-corrected chi connectivity index (χ0v) is 38.7. The van der Waals surface area contributed by atoms with Crippen molar-refractivity contribution in [2.24, 2.45) is 0 Å². The number of hydrogen-bond donors (Lipinski definition) is 3. The molecule has 0 spiro atoms. The molecule has 336 valence electrons. The Bertz CT molecular complexity index is 729. The first-order valence-electron chi connectivity index (χ1n) is 26.2. The molecule has 4 heteroatoms. The fraction of sp³-hybridized carbons (Fsp3) is 0.981. The maximum absolute atomic E-state index is 12.4. The Labute approximate surface area is 353 Å². The Morgan fingerprint density at radius 2 is 0.571 bits per heavy atom. The van der Waals surface area contributed by atoms with Crippen LogP contribution in [0.25, 0.3) is 0 Å². The van der Waals surface area contributed by atoms with Crippen molar-refractivity contribution in [3.8, 4) is 0 Å². The van der Waals surface area contributed by atoms with E-state index in [0.717, 1.165) is 25.7 Å². The van der Waals surface area contributed by atoms with Crippen LogP contribution in [0.5, 0.6) is 0 Å². The van der Waals surface area contributed by atoms with E-state index in [1.54, 1.807) is 0 Å². The smallest absolute Gasteiger partial charge is 0.220 e. The monoisotopic (exact) mass is 792 g/mol. The molecular weight excluding hydrogens is 687 g/mol. The maximum atomic E-state index is 12.4. The average molecular weight is 792 g/mol. The SMILES string of the molecule is CCCCCCCCCCCCCCCCCCCCCCCCCCCCCCCCCCCC(O)C(CO)NC(=O)CCCCCCCCCCCCC. The largest absolute Gasteiger partial charge is 0.394 e. The first kappa shape index (κ1) is 55.4. The van der Waals surface area contributed by atoms with E-state index in [9.17, 15) is 15.0 Å². The number of carbonyl (C=O) groups excluding carboxylic acids is 1. The highest BCUT2D eigenvalue weighted by Gasteiger charge is 2.20. The molecule has 0 bridgehead atoms. The third-order valence-corrected chi connectivity index (χ3v) is 12.6. The normalized spacial score (nSPS) is 12.7. The van der Waals surface area contributed by atoms with Crippen molar-refractivity contribution < 1.29 is 15.0 Å². The zero-order chi connectivity index (χ0) is 40.7. The van der Waals surface area contributed by atoms with Crippen molar-refractivity contribution in [2.45, 2.75) is 321 Å². The van der Waals surface area contributed by atoms with Crippen LogP contribution in [0.4, 0.5) is 0 Å². The summed E-state index contributed by atoms with van der Waals surface area (Å²) in [6, 6.07) is -0.529. The number of unbranched alkanes of at least 4 members (excludes halogenated alkanes) is 42. The van der Waals surface area contributed by atoms with Gasteiger partial charge in [0.1, 0.15) is 0 Å². The number of nitrogens with one attached hydrogen (secondary N) is 1. The molecule has 0 heterocycles. The lowest BCUT2D eigenvalue weighted by atomic mass is 10.0. The molecule has 0 aliphatic rings. The van der Waals surface area contributed by atoms with Gasteiger partial charge >= 0.3 is 0 Å². The van der Waals surface area contributed by atoms with Gasteiger partial charge in [0.05, 0.1) is 18.8 Å². The van der Waals surface area contributed by atoms with E-state index in [2.05, 4.69) is 19.2 Å². The molecular formula is C52H105NO3. The number of carbonyl (C=O) groups is 1. The van der Waals surface area contributed by atoms with Crippen LogP contribution in [0.1, 0.15) is 309 Å². The van der Waals surface area contributed by atoms with Crippen molar-refractivity contribution in [3.05, 3.63) is 0 Å². The topological polar surface area (TPSA) is 69.6 Å². The second-order valence-electron chi connectivity index (χ2n) is 18.3. The lowest BCUT2D eigenvalue weighted by molar-refractivity contribution is -0.123. The fourth-order valence-electron chi connectivity index (χ4n) is 8.60. The van der Waals surface area contributed by atoms with Crippen LogP contribution in [0.2, 0.25) is 0 Å². The summed E-state index contributed by atoms with van der Waals surface area (Å²) in [7, 11) is 0. The number of amides is 1. The summed E-state index contributed by atoms with van der Waals surface area (Å²) in [5.41, 5.74) is 0. The molecule has 0 fully saturated rings. The first-order chi connectivity index (χ1) is 27.7. The van der Waals surface area contributed by atoms with Crippen molar-refractivity contribution in [1.29, 1.82) is 0 Å². The molecule has 2 unspecified atom stereocenters. The summed E-state index contributed by atoms with van der Waals surface area (Å²) in [6.07, 6.45) is 60.9. The van der Waals surface area contributed by atoms with Crippen LogP contribution < -0.4 is 5.32 Å². The van der Waals surface area contributed by atoms with Crippen LogP contribution >= 0.6 is 0 Å². The third kappa shape index (κ3) is 44.5. The fourth-order valence-corrected chi connectivity index (χ4v) is 8.60. The van der Waals surface area contributed by atoms with Crippen molar-refractivity contribution in [2.75, 3.05) is 6.61 Å². The van der Waals surface area contributed by atoms with Gasteiger partial charge in [0, 0.05) is 6.42 Å². The minimum absolute atomic E-state index is 0.0276. The van der Waals surface area contributed by atoms with E-state index in [1.807, 2.05) is 0 Å². The van der Waals surface area contributed by atoms with Gasteiger partial charge in [-0.15, -0.1) is 0 Å². The average Bonchev–Trinajstić information content (AvgIpc) is 3.20. The summed E-state index contributed by atoms with van der Waals surface area (Å²) >= 11 is 0. The first-order valence-corrected chi connectivity index (χ1v) is 26.2. The summed E-state index contributed by atoms with van der Waals surface area (Å²) < 4.78 is 0. The van der Waals surface area contributed by atoms with Crippen LogP contribution in [0.15, 0.2) is 0 Å². The molecule has 56 heavy (non-hydrogen) atoms. The molecule has 0 radical (unpaired) electrons. The summed E-state index contributed by atoms with van der Waals surface area (Å²) in [6.45, 7) is 4.38. The van der Waals surface area contributed by atoms with Gasteiger partial charge in [-0.2, -0.15) is 0 Å². The highest BCUT2D eigenvalue weighted by Crippen LogP contribution is 2.18. The van der Waals surface area contributed by atoms with E-state index in [1.165, 1.54) is 257 Å². The molecule has 3 N–H and O–H groups in total. The Hall–Kier alpha value is -0.610. The van der Waals surface area contributed by atoms with Crippen molar-refractivity contribution in [1.82, 2.24) is 5.32 Å². The summed E-state index contributed by atoms with van der Waals surface area (Å²) in [4.78, 5) is 12.4. The van der Waals surface area contributed by atoms with Gasteiger partial charge in [-0.05, 0) is 12.8 Å². The Balaban J connectivity index is 3.33. The molecule has 0 aromatic rings. The van der Waals surface area contributed by atoms with Gasteiger partial charge < -0.3 is 15.5 Å². The molecule has 0 saturated carbocycles. The number of hydrogen-bond acceptors (Lipinski definition) is 3. The molecule has 2 atom stereocenters. The standard InChI is InChI=1S/C52H105NO3/c1-3-5-7-9-11-13-15-16-17-18-19-20-21-22-23-24-25-26-27-28-29-30-31-32-33-34-35-36-38-39-41-43-45-47-51(55)50(49-54)53-52(56)48-46-44-42-40-37-14-12-10-8-6-4-2/h50-51,54-55H,3-49H2,1-2H3,(H,53,56). The predicted molar refractivity (Wildman–Crippen MR) is 249 cm³/mol. The number of rotatable bonds is 49. The molecule has 0 aromatic heterocycles. The summed E-state index contributed by atoms with van der Waals surface area (Å²) in [5, 5.41) is 23.2. The molecule has 0 rings (SSSR count). The lowest BCUT2D eigenvalue weighted by Gasteiger charge is -2.22. The second-order valence-corrected chi connectivity index (χ2v) is 18.3. The Morgan fingerprint density at radius 1 is 0.357 bits per heavy atom. The molecule has 1 amide bonds. The second kappa shape index (κ2) is 48.8. The lowest BCUT2D eigenvalue weighted by Crippen LogP contribution is -2.45. The van der Waals surface area contributed by atoms with Crippen LogP contribution in [0.3, 0.4) is 0 Å². The molecule has 4 nitrogen and oxygen atoms in total. The molecule has 0 aliphatic heterocycles. The minimum Gasteiger partial charge on any atom is -0.394 e. The van der Waals surface area contributed by atoms with E-state index in [0.29, 0.717) is 12.8 Å². The van der Waals surface area contributed by atoms with Crippen LogP contribution in [-0.4, -0.2) is 34.9 Å². The van der Waals surface area contributed by atoms with E-state index < -0.39 is 12.1 Å². The zero-order valence-electron chi connectivity index (χ0n) is 38.7. The number of aliphatic hydroxyl groups is 2. The van der Waals surface area contributed by atoms with Gasteiger partial charge in [-0.25, -0.2) is 0 Å². The molecule has 0 saturated heterocycles. The quantitative estimate of drug-likeness (QED) is 0.0538. The van der Waals surface area contributed by atoms with Crippen LogP contribution in [-0.2, 0) is 4.79 Å². The number of aliphatic hydroxyl groups excluding tert-OH is 2. The van der Waals surface area contributed by atoms with Gasteiger partial charge in [0.15, 0.2) is 0 Å². The van der Waals surface area contributed by atoms with Gasteiger partial charge in [-0.1, -0.05) is 290 Å². The van der Waals surface area contributed by atoms with Crippen molar-refractivity contribution in [3.63, 3.8) is 0 Å². The van der Waals surface area contributed by atoms with Gasteiger partial charge in [0.25, 0.3) is 0 Å². The van der Waals surface area contributed by atoms with E-state index >= 15 is 0 Å². The minimum atomic E-state index is -0.653. The molecule has 0 aromatic carbocycles. The van der Waals surface area contributed by atoms with Gasteiger partial charge in [0.2, 0.25) is 5.91 Å². The maximum Gasteiger partial charge on any atom is 0.220 e. The Morgan fingerprint density at radius 3 is 0.804 bits per heavy atom.